The predicted octanol–water partition coefficient (Wildman–Crippen LogP) is 3.70. The smallest absolute Gasteiger partial charge is 0.0920 e. The van der Waals surface area contributed by atoms with Gasteiger partial charge in [-0.25, -0.2) is 0 Å². The molecule has 2 aromatic carbocycles. The third-order valence-electron chi connectivity index (χ3n) is 2.86. The molecule has 0 aromatic heterocycles. The van der Waals surface area contributed by atoms with Crippen molar-refractivity contribution in [2.24, 2.45) is 10.1 Å². The minimum atomic E-state index is 0.00871. The molecule has 0 saturated heterocycles. The van der Waals surface area contributed by atoms with Crippen molar-refractivity contribution in [3.05, 3.63) is 71.8 Å². The van der Waals surface area contributed by atoms with Crippen LogP contribution in [0.3, 0.4) is 0 Å². The molecule has 1 N–H and O–H groups in total. The van der Waals surface area contributed by atoms with Crippen molar-refractivity contribution in [3.8, 4) is 0 Å². The highest BCUT2D eigenvalue weighted by atomic mass is 16.4. The largest absolute Gasteiger partial charge is 0.411 e. The normalized spacial score (nSPS) is 13.6. The van der Waals surface area contributed by atoms with Crippen LogP contribution in [0.4, 0.5) is 0 Å². The maximum atomic E-state index is 8.77. The standard InChI is InChI=1S/C16H16N2O/c1-13(14-8-4-2-5-9-14)18-16(12-17-19)15-10-6-3-7-11-15/h2-13,19H,1H3/b17-12+,18-16?. The molecular weight excluding hydrogens is 236 g/mol. The average molecular weight is 252 g/mol. The van der Waals surface area contributed by atoms with Gasteiger partial charge in [-0.2, -0.15) is 0 Å². The van der Waals surface area contributed by atoms with E-state index in [1.165, 1.54) is 6.21 Å². The zero-order chi connectivity index (χ0) is 13.5. The molecule has 0 aliphatic heterocycles. The topological polar surface area (TPSA) is 45.0 Å². The number of aliphatic imine (C=N–C) groups is 1. The molecule has 0 radical (unpaired) electrons. The molecule has 0 aliphatic carbocycles. The SMILES string of the molecule is CC(N=C(/C=N/O)c1ccccc1)c1ccccc1. The van der Waals surface area contributed by atoms with Gasteiger partial charge < -0.3 is 5.21 Å². The monoisotopic (exact) mass is 252 g/mol. The van der Waals surface area contributed by atoms with Crippen LogP contribution in [0, 0.1) is 0 Å². The Bertz CT molecular complexity index is 562. The lowest BCUT2D eigenvalue weighted by Crippen LogP contribution is -2.05. The van der Waals surface area contributed by atoms with E-state index in [9.17, 15) is 0 Å². The van der Waals surface area contributed by atoms with Crippen molar-refractivity contribution >= 4 is 11.9 Å². The second-order valence-corrected chi connectivity index (χ2v) is 4.21. The van der Waals surface area contributed by atoms with Crippen molar-refractivity contribution in [1.29, 1.82) is 0 Å². The molecule has 19 heavy (non-hydrogen) atoms. The number of hydrogen-bond acceptors (Lipinski definition) is 3. The van der Waals surface area contributed by atoms with Gasteiger partial charge in [0.15, 0.2) is 0 Å². The van der Waals surface area contributed by atoms with Crippen LogP contribution in [-0.4, -0.2) is 17.1 Å². The number of oxime groups is 1. The van der Waals surface area contributed by atoms with Crippen LogP contribution in [0.1, 0.15) is 24.1 Å². The minimum absolute atomic E-state index is 0.00871. The summed E-state index contributed by atoms with van der Waals surface area (Å²) in [6, 6.07) is 19.7. The van der Waals surface area contributed by atoms with E-state index in [2.05, 4.69) is 10.1 Å². The minimum Gasteiger partial charge on any atom is -0.411 e. The molecule has 0 amide bonds. The zero-order valence-electron chi connectivity index (χ0n) is 10.8. The summed E-state index contributed by atoms with van der Waals surface area (Å²) < 4.78 is 0. The molecule has 0 aliphatic rings. The van der Waals surface area contributed by atoms with Crippen LogP contribution in [0.2, 0.25) is 0 Å². The van der Waals surface area contributed by atoms with Gasteiger partial charge in [0.05, 0.1) is 18.0 Å². The maximum absolute atomic E-state index is 8.77. The van der Waals surface area contributed by atoms with Gasteiger partial charge in [-0.1, -0.05) is 65.8 Å². The highest BCUT2D eigenvalue weighted by Gasteiger charge is 2.06. The zero-order valence-corrected chi connectivity index (χ0v) is 10.8. The molecule has 0 fully saturated rings. The number of benzene rings is 2. The lowest BCUT2D eigenvalue weighted by Gasteiger charge is -2.09. The molecule has 2 rings (SSSR count). The molecule has 1 atom stereocenters. The highest BCUT2D eigenvalue weighted by molar-refractivity contribution is 6.38. The first-order valence-corrected chi connectivity index (χ1v) is 6.17. The van der Waals surface area contributed by atoms with E-state index in [1.807, 2.05) is 67.6 Å². The molecule has 1 unspecified atom stereocenters. The molecule has 2 aromatic rings. The lowest BCUT2D eigenvalue weighted by molar-refractivity contribution is 0.322. The first-order chi connectivity index (χ1) is 9.31. The van der Waals surface area contributed by atoms with Crippen molar-refractivity contribution in [3.63, 3.8) is 0 Å². The van der Waals surface area contributed by atoms with Crippen molar-refractivity contribution in [2.45, 2.75) is 13.0 Å². The molecule has 0 spiro atoms. The van der Waals surface area contributed by atoms with E-state index in [1.54, 1.807) is 0 Å². The summed E-state index contributed by atoms with van der Waals surface area (Å²) in [6.07, 6.45) is 1.37. The van der Waals surface area contributed by atoms with E-state index in [0.29, 0.717) is 5.71 Å². The number of nitrogens with zero attached hydrogens (tertiary/aromatic N) is 2. The summed E-state index contributed by atoms with van der Waals surface area (Å²) in [5.74, 6) is 0. The van der Waals surface area contributed by atoms with Crippen LogP contribution in [0.5, 0.6) is 0 Å². The van der Waals surface area contributed by atoms with Crippen molar-refractivity contribution < 1.29 is 5.21 Å². The summed E-state index contributed by atoms with van der Waals surface area (Å²) >= 11 is 0. The summed E-state index contributed by atoms with van der Waals surface area (Å²) in [6.45, 7) is 2.02. The molecule has 0 bridgehead atoms. The Labute approximate surface area is 112 Å². The molecule has 3 nitrogen and oxygen atoms in total. The van der Waals surface area contributed by atoms with Gasteiger partial charge >= 0.3 is 0 Å². The van der Waals surface area contributed by atoms with E-state index in [0.717, 1.165) is 11.1 Å². The highest BCUT2D eigenvalue weighted by Crippen LogP contribution is 2.17. The fourth-order valence-electron chi connectivity index (χ4n) is 1.86. The van der Waals surface area contributed by atoms with Crippen molar-refractivity contribution in [2.75, 3.05) is 0 Å². The third-order valence-corrected chi connectivity index (χ3v) is 2.86. The second-order valence-electron chi connectivity index (χ2n) is 4.21. The maximum Gasteiger partial charge on any atom is 0.0920 e. The average Bonchev–Trinajstić information content (AvgIpc) is 2.48. The third kappa shape index (κ3) is 3.52. The molecular formula is C16H16N2O. The van der Waals surface area contributed by atoms with Gasteiger partial charge in [-0.3, -0.25) is 4.99 Å². The van der Waals surface area contributed by atoms with Crippen LogP contribution >= 0.6 is 0 Å². The van der Waals surface area contributed by atoms with Gasteiger partial charge in [-0.05, 0) is 12.5 Å². The van der Waals surface area contributed by atoms with Gasteiger partial charge in [0.25, 0.3) is 0 Å². The fraction of sp³-hybridized carbons (Fsp3) is 0.125. The molecule has 0 saturated carbocycles. The Morgan fingerprint density at radius 1 is 1.00 bits per heavy atom. The number of hydrogen-bond donors (Lipinski definition) is 1. The Kier molecular flexibility index (Phi) is 4.45. The van der Waals surface area contributed by atoms with Gasteiger partial charge in [0.1, 0.15) is 0 Å². The second kappa shape index (κ2) is 6.50. The van der Waals surface area contributed by atoms with E-state index >= 15 is 0 Å². The number of rotatable bonds is 4. The van der Waals surface area contributed by atoms with Crippen LogP contribution in [-0.2, 0) is 0 Å². The van der Waals surface area contributed by atoms with Crippen LogP contribution < -0.4 is 0 Å². The van der Waals surface area contributed by atoms with E-state index in [4.69, 9.17) is 5.21 Å². The van der Waals surface area contributed by atoms with Gasteiger partial charge in [0.2, 0.25) is 0 Å². The quantitative estimate of drug-likeness (QED) is 0.503. The first kappa shape index (κ1) is 13.0. The van der Waals surface area contributed by atoms with Crippen LogP contribution in [0.15, 0.2) is 70.8 Å². The Hall–Kier alpha value is -2.42. The molecule has 96 valence electrons. The van der Waals surface area contributed by atoms with E-state index < -0.39 is 0 Å². The van der Waals surface area contributed by atoms with E-state index in [-0.39, 0.29) is 6.04 Å². The fourth-order valence-corrected chi connectivity index (χ4v) is 1.86. The predicted molar refractivity (Wildman–Crippen MR) is 78.1 cm³/mol. The Morgan fingerprint density at radius 3 is 2.16 bits per heavy atom. The van der Waals surface area contributed by atoms with Gasteiger partial charge in [-0.15, -0.1) is 0 Å². The summed E-state index contributed by atoms with van der Waals surface area (Å²) in [5.41, 5.74) is 2.73. The summed E-state index contributed by atoms with van der Waals surface area (Å²) in [7, 11) is 0. The lowest BCUT2D eigenvalue weighted by atomic mass is 10.1. The Morgan fingerprint density at radius 2 is 1.58 bits per heavy atom. The Balaban J connectivity index is 2.32. The van der Waals surface area contributed by atoms with Gasteiger partial charge in [0, 0.05) is 5.56 Å². The molecule has 3 heteroatoms. The summed E-state index contributed by atoms with van der Waals surface area (Å²) in [5, 5.41) is 11.9. The van der Waals surface area contributed by atoms with Crippen molar-refractivity contribution in [1.82, 2.24) is 0 Å². The first-order valence-electron chi connectivity index (χ1n) is 6.17. The summed E-state index contributed by atoms with van der Waals surface area (Å²) in [4.78, 5) is 4.61. The molecule has 0 heterocycles. The van der Waals surface area contributed by atoms with Crippen LogP contribution in [0.25, 0.3) is 0 Å².